The summed E-state index contributed by atoms with van der Waals surface area (Å²) in [5.41, 5.74) is 0.954. The summed E-state index contributed by atoms with van der Waals surface area (Å²) in [6.07, 6.45) is 5.83. The summed E-state index contributed by atoms with van der Waals surface area (Å²) in [5.74, 6) is 2.91. The molecule has 2 atom stereocenters. The van der Waals surface area contributed by atoms with Crippen LogP contribution < -0.4 is 24.8 Å². The fraction of sp³-hybridized carbons (Fsp3) is 0.632. The van der Waals surface area contributed by atoms with Gasteiger partial charge in [-0.1, -0.05) is 0 Å². The number of nitrogens with zero attached hydrogens (tertiary/aromatic N) is 1. The van der Waals surface area contributed by atoms with Crippen LogP contribution in [0.4, 0.5) is 0 Å². The molecule has 0 bridgehead atoms. The highest BCUT2D eigenvalue weighted by Gasteiger charge is 2.24. The molecule has 1 fully saturated rings. The number of hydrogen-bond acceptors (Lipinski definition) is 5. The zero-order valence-corrected chi connectivity index (χ0v) is 20.0. The third-order valence-corrected chi connectivity index (χ3v) is 5.69. The van der Waals surface area contributed by atoms with E-state index in [4.69, 9.17) is 19.2 Å². The van der Waals surface area contributed by atoms with Crippen molar-refractivity contribution < 1.29 is 14.2 Å². The average molecular weight is 509 g/mol. The van der Waals surface area contributed by atoms with Gasteiger partial charge >= 0.3 is 0 Å². The summed E-state index contributed by atoms with van der Waals surface area (Å²) < 4.78 is 16.2. The van der Waals surface area contributed by atoms with Gasteiger partial charge in [-0.05, 0) is 38.5 Å². The number of guanidine groups is 1. The summed E-state index contributed by atoms with van der Waals surface area (Å²) in [6, 6.07) is 4.24. The lowest BCUT2D eigenvalue weighted by molar-refractivity contribution is 0.347. The molecule has 0 spiro atoms. The SMILES string of the molecule is CCNC(=NCc1cc(OC)c(OC)cc1OC)NC1CCC(SC)C1.I. The van der Waals surface area contributed by atoms with E-state index in [-0.39, 0.29) is 24.0 Å². The van der Waals surface area contributed by atoms with Crippen LogP contribution in [0.2, 0.25) is 0 Å². The van der Waals surface area contributed by atoms with E-state index in [0.717, 1.165) is 29.1 Å². The van der Waals surface area contributed by atoms with Crippen molar-refractivity contribution in [2.75, 3.05) is 34.1 Å². The van der Waals surface area contributed by atoms with Crippen molar-refractivity contribution in [1.29, 1.82) is 0 Å². The molecule has 8 heteroatoms. The number of methoxy groups -OCH3 is 3. The molecule has 154 valence electrons. The number of rotatable bonds is 8. The monoisotopic (exact) mass is 509 g/mol. The predicted octanol–water partition coefficient (Wildman–Crippen LogP) is 3.67. The number of thioether (sulfide) groups is 1. The molecule has 0 saturated heterocycles. The van der Waals surface area contributed by atoms with Crippen molar-refractivity contribution in [3.8, 4) is 17.2 Å². The highest BCUT2D eigenvalue weighted by molar-refractivity contribution is 14.0. The van der Waals surface area contributed by atoms with Gasteiger partial charge in [0.1, 0.15) is 5.75 Å². The van der Waals surface area contributed by atoms with Crippen molar-refractivity contribution in [2.24, 2.45) is 4.99 Å². The van der Waals surface area contributed by atoms with Crippen LogP contribution in [-0.4, -0.2) is 51.4 Å². The van der Waals surface area contributed by atoms with Gasteiger partial charge in [0.25, 0.3) is 0 Å². The first-order valence-electron chi connectivity index (χ1n) is 9.01. The van der Waals surface area contributed by atoms with Crippen molar-refractivity contribution in [3.63, 3.8) is 0 Å². The standard InChI is InChI=1S/C19H31N3O3S.HI/c1-6-20-19(22-14-7-8-15(10-14)26-5)21-12-13-9-17(24-3)18(25-4)11-16(13)23-2;/h9,11,14-15H,6-8,10,12H2,1-5H3,(H2,20,21,22);1H. The Hall–Kier alpha value is -1.03. The van der Waals surface area contributed by atoms with E-state index in [2.05, 4.69) is 23.8 Å². The summed E-state index contributed by atoms with van der Waals surface area (Å²) in [5, 5.41) is 7.66. The smallest absolute Gasteiger partial charge is 0.191 e. The summed E-state index contributed by atoms with van der Waals surface area (Å²) in [4.78, 5) is 4.75. The van der Waals surface area contributed by atoms with Gasteiger partial charge in [-0.25, -0.2) is 4.99 Å². The van der Waals surface area contributed by atoms with E-state index in [1.54, 1.807) is 21.3 Å². The molecule has 0 radical (unpaired) electrons. The van der Waals surface area contributed by atoms with E-state index in [1.165, 1.54) is 19.3 Å². The molecule has 0 amide bonds. The molecule has 2 unspecified atom stereocenters. The molecule has 1 aliphatic carbocycles. The molecule has 1 aromatic rings. The molecule has 1 aliphatic rings. The third kappa shape index (κ3) is 6.81. The summed E-state index contributed by atoms with van der Waals surface area (Å²) in [6.45, 7) is 3.40. The van der Waals surface area contributed by atoms with Crippen LogP contribution in [0.3, 0.4) is 0 Å². The lowest BCUT2D eigenvalue weighted by Gasteiger charge is -2.18. The Morgan fingerprint density at radius 1 is 1.11 bits per heavy atom. The second kappa shape index (κ2) is 12.4. The van der Waals surface area contributed by atoms with Crippen LogP contribution >= 0.6 is 35.7 Å². The second-order valence-corrected chi connectivity index (χ2v) is 7.36. The van der Waals surface area contributed by atoms with Crippen molar-refractivity contribution >= 4 is 41.7 Å². The average Bonchev–Trinajstić information content (AvgIpc) is 3.13. The van der Waals surface area contributed by atoms with Crippen molar-refractivity contribution in [1.82, 2.24) is 10.6 Å². The molecule has 1 aromatic carbocycles. The van der Waals surface area contributed by atoms with Gasteiger partial charge in [0.2, 0.25) is 0 Å². The van der Waals surface area contributed by atoms with Crippen molar-refractivity contribution in [2.45, 2.75) is 44.0 Å². The molecule has 2 N–H and O–H groups in total. The minimum Gasteiger partial charge on any atom is -0.496 e. The summed E-state index contributed by atoms with van der Waals surface area (Å²) in [7, 11) is 4.90. The zero-order chi connectivity index (χ0) is 18.9. The Balaban J connectivity index is 0.00000364. The Bertz CT molecular complexity index is 616. The third-order valence-electron chi connectivity index (χ3n) is 4.60. The number of benzene rings is 1. The number of halogens is 1. The minimum absolute atomic E-state index is 0. The van der Waals surface area contributed by atoms with Crippen LogP contribution in [0, 0.1) is 0 Å². The Kier molecular flexibility index (Phi) is 11.1. The number of nitrogens with one attached hydrogen (secondary N) is 2. The number of ether oxygens (including phenoxy) is 3. The van der Waals surface area contributed by atoms with Crippen LogP contribution in [0.25, 0.3) is 0 Å². The highest BCUT2D eigenvalue weighted by atomic mass is 127. The van der Waals surface area contributed by atoms with Crippen LogP contribution in [0.1, 0.15) is 31.7 Å². The van der Waals surface area contributed by atoms with Gasteiger partial charge in [-0.15, -0.1) is 24.0 Å². The first kappa shape index (κ1) is 24.0. The largest absolute Gasteiger partial charge is 0.496 e. The van der Waals surface area contributed by atoms with E-state index in [9.17, 15) is 0 Å². The fourth-order valence-electron chi connectivity index (χ4n) is 3.18. The Labute approximate surface area is 184 Å². The molecule has 27 heavy (non-hydrogen) atoms. The number of hydrogen-bond donors (Lipinski definition) is 2. The zero-order valence-electron chi connectivity index (χ0n) is 16.8. The Morgan fingerprint density at radius 2 is 1.78 bits per heavy atom. The molecular weight excluding hydrogens is 477 g/mol. The second-order valence-electron chi connectivity index (χ2n) is 6.23. The maximum Gasteiger partial charge on any atom is 0.191 e. The highest BCUT2D eigenvalue weighted by Crippen LogP contribution is 2.35. The van der Waals surface area contributed by atoms with Gasteiger partial charge in [-0.2, -0.15) is 11.8 Å². The quantitative estimate of drug-likeness (QED) is 0.317. The topological polar surface area (TPSA) is 64.1 Å². The van der Waals surface area contributed by atoms with Crippen LogP contribution in [0.15, 0.2) is 17.1 Å². The van der Waals surface area contributed by atoms with E-state index in [1.807, 2.05) is 23.9 Å². The lowest BCUT2D eigenvalue weighted by Crippen LogP contribution is -2.42. The molecule has 2 rings (SSSR count). The van der Waals surface area contributed by atoms with E-state index >= 15 is 0 Å². The molecule has 0 heterocycles. The van der Waals surface area contributed by atoms with E-state index < -0.39 is 0 Å². The van der Waals surface area contributed by atoms with Gasteiger partial charge < -0.3 is 24.8 Å². The maximum atomic E-state index is 5.49. The molecule has 1 saturated carbocycles. The predicted molar refractivity (Wildman–Crippen MR) is 124 cm³/mol. The molecule has 0 aromatic heterocycles. The van der Waals surface area contributed by atoms with Gasteiger partial charge in [0.15, 0.2) is 17.5 Å². The van der Waals surface area contributed by atoms with Gasteiger partial charge in [0, 0.05) is 29.5 Å². The fourth-order valence-corrected chi connectivity index (χ4v) is 3.98. The van der Waals surface area contributed by atoms with Crippen LogP contribution in [0.5, 0.6) is 17.2 Å². The van der Waals surface area contributed by atoms with Crippen molar-refractivity contribution in [3.05, 3.63) is 17.7 Å². The minimum atomic E-state index is 0. The Morgan fingerprint density at radius 3 is 2.33 bits per heavy atom. The first-order valence-corrected chi connectivity index (χ1v) is 10.3. The van der Waals surface area contributed by atoms with Gasteiger partial charge in [-0.3, -0.25) is 0 Å². The molecular formula is C19H32IN3O3S. The number of aliphatic imine (C=N–C) groups is 1. The lowest BCUT2D eigenvalue weighted by atomic mass is 10.1. The normalized spacial score (nSPS) is 19.2. The van der Waals surface area contributed by atoms with Gasteiger partial charge in [0.05, 0.1) is 27.9 Å². The van der Waals surface area contributed by atoms with E-state index in [0.29, 0.717) is 24.1 Å². The van der Waals surface area contributed by atoms with Crippen LogP contribution in [-0.2, 0) is 6.54 Å². The molecule has 0 aliphatic heterocycles. The first-order chi connectivity index (χ1) is 12.6. The molecule has 6 nitrogen and oxygen atoms in total. The summed E-state index contributed by atoms with van der Waals surface area (Å²) >= 11 is 1.96. The maximum absolute atomic E-state index is 5.49.